The molecule has 0 saturated carbocycles. The van der Waals surface area contributed by atoms with Crippen LogP contribution in [0, 0.1) is 5.92 Å². The Morgan fingerprint density at radius 1 is 0.923 bits per heavy atom. The summed E-state index contributed by atoms with van der Waals surface area (Å²) in [5.41, 5.74) is 7.35. The van der Waals surface area contributed by atoms with Gasteiger partial charge in [-0.25, -0.2) is 10.1 Å². The van der Waals surface area contributed by atoms with Crippen LogP contribution in [0.3, 0.4) is 0 Å². The van der Waals surface area contributed by atoms with Gasteiger partial charge in [-0.2, -0.15) is 0 Å². The fraction of sp³-hybridized carbons (Fsp3) is 0.400. The van der Waals surface area contributed by atoms with Crippen molar-refractivity contribution in [3.05, 3.63) is 60.2 Å². The van der Waals surface area contributed by atoms with Crippen LogP contribution in [0.25, 0.3) is 0 Å². The van der Waals surface area contributed by atoms with Crippen molar-refractivity contribution < 1.29 is 0 Å². The number of anilines is 2. The number of hydrazine groups is 1. The Kier molecular flexibility index (Phi) is 4.50. The number of hydrogen-bond acceptors (Lipinski definition) is 6. The molecule has 3 saturated heterocycles. The SMILES string of the molecule is c1ccc(C2NC(C3CN(c4ccc(N5CCCN5)cc4)C3)NS2)cc1. The third kappa shape index (κ3) is 3.18. The van der Waals surface area contributed by atoms with Gasteiger partial charge in [0, 0.05) is 37.8 Å². The number of benzene rings is 2. The Hall–Kier alpha value is -1.73. The zero-order chi connectivity index (χ0) is 17.3. The van der Waals surface area contributed by atoms with E-state index in [0.717, 1.165) is 26.2 Å². The first-order chi connectivity index (χ1) is 12.9. The van der Waals surface area contributed by atoms with Crippen LogP contribution in [0.2, 0.25) is 0 Å². The molecule has 0 spiro atoms. The van der Waals surface area contributed by atoms with Gasteiger partial charge in [0.25, 0.3) is 0 Å². The average molecular weight is 368 g/mol. The Morgan fingerprint density at radius 2 is 1.69 bits per heavy atom. The summed E-state index contributed by atoms with van der Waals surface area (Å²) in [7, 11) is 0. The Morgan fingerprint density at radius 3 is 2.42 bits per heavy atom. The Labute approximate surface area is 159 Å². The van der Waals surface area contributed by atoms with Crippen LogP contribution in [0.4, 0.5) is 11.4 Å². The molecule has 6 heteroatoms. The predicted octanol–water partition coefficient (Wildman–Crippen LogP) is 2.70. The van der Waals surface area contributed by atoms with E-state index in [4.69, 9.17) is 0 Å². The van der Waals surface area contributed by atoms with Gasteiger partial charge in [-0.15, -0.1) is 0 Å². The number of nitrogens with one attached hydrogen (secondary N) is 3. The highest BCUT2D eigenvalue weighted by atomic mass is 32.2. The summed E-state index contributed by atoms with van der Waals surface area (Å²) in [4.78, 5) is 2.47. The second-order valence-corrected chi connectivity index (χ2v) is 8.21. The van der Waals surface area contributed by atoms with Gasteiger partial charge in [-0.05, 0) is 36.2 Å². The summed E-state index contributed by atoms with van der Waals surface area (Å²) >= 11 is 1.80. The first kappa shape index (κ1) is 16.4. The minimum absolute atomic E-state index is 0.350. The Balaban J connectivity index is 1.15. The van der Waals surface area contributed by atoms with Crippen molar-refractivity contribution in [3.8, 4) is 0 Å². The monoisotopic (exact) mass is 367 g/mol. The second-order valence-electron chi connectivity index (χ2n) is 7.27. The lowest BCUT2D eigenvalue weighted by molar-refractivity contribution is 0.295. The smallest absolute Gasteiger partial charge is 0.0947 e. The number of hydrogen-bond donors (Lipinski definition) is 3. The van der Waals surface area contributed by atoms with Crippen molar-refractivity contribution in [1.82, 2.24) is 15.5 Å². The van der Waals surface area contributed by atoms with Crippen LogP contribution in [0.1, 0.15) is 17.4 Å². The van der Waals surface area contributed by atoms with Gasteiger partial charge in [-0.3, -0.25) is 5.32 Å². The molecule has 136 valence electrons. The highest BCUT2D eigenvalue weighted by Gasteiger charge is 2.38. The van der Waals surface area contributed by atoms with E-state index in [-0.39, 0.29) is 0 Å². The largest absolute Gasteiger partial charge is 0.371 e. The topological polar surface area (TPSA) is 42.6 Å². The second kappa shape index (κ2) is 7.12. The van der Waals surface area contributed by atoms with E-state index in [2.05, 4.69) is 80.0 Å². The van der Waals surface area contributed by atoms with Gasteiger partial charge in [-0.1, -0.05) is 42.3 Å². The minimum atomic E-state index is 0.350. The lowest BCUT2D eigenvalue weighted by Crippen LogP contribution is -2.57. The average Bonchev–Trinajstić information content (AvgIpc) is 3.34. The molecule has 3 aliphatic heterocycles. The summed E-state index contributed by atoms with van der Waals surface area (Å²) < 4.78 is 3.59. The summed E-state index contributed by atoms with van der Waals surface area (Å²) in [6, 6.07) is 19.6. The summed E-state index contributed by atoms with van der Waals surface area (Å²) in [5.74, 6) is 0.649. The molecule has 3 aliphatic rings. The van der Waals surface area contributed by atoms with Crippen LogP contribution in [0.15, 0.2) is 54.6 Å². The van der Waals surface area contributed by atoms with E-state index in [1.807, 2.05) is 0 Å². The van der Waals surface area contributed by atoms with Crippen LogP contribution >= 0.6 is 11.9 Å². The molecule has 0 amide bonds. The van der Waals surface area contributed by atoms with E-state index in [0.29, 0.717) is 17.5 Å². The molecule has 2 aromatic rings. The van der Waals surface area contributed by atoms with Crippen molar-refractivity contribution >= 4 is 23.3 Å². The van der Waals surface area contributed by atoms with E-state index in [1.54, 1.807) is 11.9 Å². The van der Waals surface area contributed by atoms with E-state index in [9.17, 15) is 0 Å². The molecule has 0 aromatic heterocycles. The molecule has 0 aliphatic carbocycles. The van der Waals surface area contributed by atoms with Crippen LogP contribution < -0.4 is 25.4 Å². The van der Waals surface area contributed by atoms with Gasteiger partial charge >= 0.3 is 0 Å². The van der Waals surface area contributed by atoms with E-state index in [1.165, 1.54) is 23.4 Å². The molecule has 2 atom stereocenters. The minimum Gasteiger partial charge on any atom is -0.371 e. The van der Waals surface area contributed by atoms with Gasteiger partial charge in [0.2, 0.25) is 0 Å². The van der Waals surface area contributed by atoms with Crippen molar-refractivity contribution in [1.29, 1.82) is 0 Å². The zero-order valence-corrected chi connectivity index (χ0v) is 15.6. The molecule has 3 heterocycles. The molecular formula is C20H25N5S. The molecule has 0 bridgehead atoms. The molecule has 3 fully saturated rings. The zero-order valence-electron chi connectivity index (χ0n) is 14.8. The van der Waals surface area contributed by atoms with Crippen LogP contribution in [0.5, 0.6) is 0 Å². The van der Waals surface area contributed by atoms with Crippen molar-refractivity contribution in [3.63, 3.8) is 0 Å². The first-order valence-electron chi connectivity index (χ1n) is 9.45. The third-order valence-electron chi connectivity index (χ3n) is 5.52. The molecular weight excluding hydrogens is 342 g/mol. The lowest BCUT2D eigenvalue weighted by atomic mass is 9.95. The molecule has 2 aromatic carbocycles. The number of nitrogens with zero attached hydrogens (tertiary/aromatic N) is 2. The first-order valence-corrected chi connectivity index (χ1v) is 10.3. The normalized spacial score (nSPS) is 26.3. The molecule has 3 N–H and O–H groups in total. The quantitative estimate of drug-likeness (QED) is 0.722. The van der Waals surface area contributed by atoms with E-state index >= 15 is 0 Å². The maximum atomic E-state index is 3.74. The van der Waals surface area contributed by atoms with Crippen molar-refractivity contribution in [2.75, 3.05) is 36.1 Å². The van der Waals surface area contributed by atoms with Gasteiger partial charge in [0.15, 0.2) is 0 Å². The van der Waals surface area contributed by atoms with Gasteiger partial charge < -0.3 is 9.91 Å². The molecule has 5 nitrogen and oxygen atoms in total. The van der Waals surface area contributed by atoms with Gasteiger partial charge in [0.05, 0.1) is 17.2 Å². The summed E-state index contributed by atoms with van der Waals surface area (Å²) in [6.07, 6.45) is 1.60. The standard InChI is InChI=1S/C20H25N5S/c1-2-5-15(6-3-1)20-22-19(23-26-20)16-13-24(14-16)17-7-9-18(10-8-17)25-12-4-11-21-25/h1-3,5-10,16,19-23H,4,11-14H2. The fourth-order valence-corrected chi connectivity index (χ4v) is 4.98. The summed E-state index contributed by atoms with van der Waals surface area (Å²) in [6.45, 7) is 4.39. The van der Waals surface area contributed by atoms with Crippen LogP contribution in [-0.4, -0.2) is 32.3 Å². The van der Waals surface area contributed by atoms with Gasteiger partial charge in [0.1, 0.15) is 0 Å². The predicted molar refractivity (Wildman–Crippen MR) is 109 cm³/mol. The number of rotatable bonds is 4. The molecule has 5 rings (SSSR count). The maximum absolute atomic E-state index is 3.74. The maximum Gasteiger partial charge on any atom is 0.0947 e. The van der Waals surface area contributed by atoms with Crippen molar-refractivity contribution in [2.24, 2.45) is 5.92 Å². The van der Waals surface area contributed by atoms with Crippen molar-refractivity contribution in [2.45, 2.75) is 18.0 Å². The highest BCUT2D eigenvalue weighted by Crippen LogP contribution is 2.35. The molecule has 2 unspecified atom stereocenters. The fourth-order valence-electron chi connectivity index (χ4n) is 3.93. The summed E-state index contributed by atoms with van der Waals surface area (Å²) in [5, 5.41) is 6.33. The Bertz CT molecular complexity index is 726. The highest BCUT2D eigenvalue weighted by molar-refractivity contribution is 7.97. The molecule has 0 radical (unpaired) electrons. The van der Waals surface area contributed by atoms with E-state index < -0.39 is 0 Å². The molecule has 26 heavy (non-hydrogen) atoms. The van der Waals surface area contributed by atoms with Crippen LogP contribution in [-0.2, 0) is 0 Å². The lowest BCUT2D eigenvalue weighted by Gasteiger charge is -2.43. The third-order valence-corrected chi connectivity index (χ3v) is 6.55.